The molecule has 0 atom stereocenters. The first-order valence-electron chi connectivity index (χ1n) is 6.00. The molecule has 3 heteroatoms. The standard InChI is InChI=1S/C14H20N2O/c1-10-7-12-11(5-4-6-15)9-16(2)14(12)13(8-10)17-3/h7-9H,4-6,15H2,1-3H3. The lowest BCUT2D eigenvalue weighted by Crippen LogP contribution is -1.99. The van der Waals surface area contributed by atoms with Gasteiger partial charge in [0.2, 0.25) is 0 Å². The van der Waals surface area contributed by atoms with E-state index in [4.69, 9.17) is 10.5 Å². The zero-order valence-corrected chi connectivity index (χ0v) is 10.8. The highest BCUT2D eigenvalue weighted by Crippen LogP contribution is 2.31. The second-order valence-corrected chi connectivity index (χ2v) is 4.52. The third-order valence-corrected chi connectivity index (χ3v) is 3.14. The summed E-state index contributed by atoms with van der Waals surface area (Å²) in [5.41, 5.74) is 9.34. The fourth-order valence-electron chi connectivity index (χ4n) is 2.37. The third-order valence-electron chi connectivity index (χ3n) is 3.14. The van der Waals surface area contributed by atoms with Gasteiger partial charge in [0.05, 0.1) is 12.6 Å². The van der Waals surface area contributed by atoms with Crippen molar-refractivity contribution in [3.8, 4) is 5.75 Å². The van der Waals surface area contributed by atoms with Crippen molar-refractivity contribution >= 4 is 10.9 Å². The van der Waals surface area contributed by atoms with Crippen LogP contribution < -0.4 is 10.5 Å². The van der Waals surface area contributed by atoms with Crippen molar-refractivity contribution in [3.63, 3.8) is 0 Å². The van der Waals surface area contributed by atoms with Crippen molar-refractivity contribution in [2.75, 3.05) is 13.7 Å². The number of hydrogen-bond acceptors (Lipinski definition) is 2. The monoisotopic (exact) mass is 232 g/mol. The van der Waals surface area contributed by atoms with Crippen LogP contribution in [0.5, 0.6) is 5.75 Å². The van der Waals surface area contributed by atoms with E-state index in [1.54, 1.807) is 7.11 Å². The molecule has 1 heterocycles. The van der Waals surface area contributed by atoms with Crippen LogP contribution in [-0.4, -0.2) is 18.2 Å². The van der Waals surface area contributed by atoms with Gasteiger partial charge in [-0.25, -0.2) is 0 Å². The zero-order valence-electron chi connectivity index (χ0n) is 10.8. The second-order valence-electron chi connectivity index (χ2n) is 4.52. The fourth-order valence-corrected chi connectivity index (χ4v) is 2.37. The maximum Gasteiger partial charge on any atom is 0.143 e. The third kappa shape index (κ3) is 2.15. The number of benzene rings is 1. The molecule has 0 fully saturated rings. The SMILES string of the molecule is COc1cc(C)cc2c(CCCN)cn(C)c12. The molecule has 2 rings (SSSR count). The number of rotatable bonds is 4. The summed E-state index contributed by atoms with van der Waals surface area (Å²) >= 11 is 0. The minimum atomic E-state index is 0.735. The number of hydrogen-bond donors (Lipinski definition) is 1. The number of nitrogens with two attached hydrogens (primary N) is 1. The molecular weight excluding hydrogens is 212 g/mol. The topological polar surface area (TPSA) is 40.2 Å². The molecule has 0 unspecified atom stereocenters. The molecule has 17 heavy (non-hydrogen) atoms. The van der Waals surface area contributed by atoms with E-state index in [1.807, 2.05) is 0 Å². The first-order chi connectivity index (χ1) is 8.17. The fraction of sp³-hybridized carbons (Fsp3) is 0.429. The van der Waals surface area contributed by atoms with Crippen LogP contribution in [0.15, 0.2) is 18.3 Å². The lowest BCUT2D eigenvalue weighted by molar-refractivity contribution is 0.417. The molecule has 0 saturated heterocycles. The Kier molecular flexibility index (Phi) is 3.38. The van der Waals surface area contributed by atoms with Gasteiger partial charge in [0.25, 0.3) is 0 Å². The highest BCUT2D eigenvalue weighted by molar-refractivity contribution is 5.89. The van der Waals surface area contributed by atoms with Gasteiger partial charge in [-0.2, -0.15) is 0 Å². The van der Waals surface area contributed by atoms with Gasteiger partial charge >= 0.3 is 0 Å². The maximum atomic E-state index is 5.58. The summed E-state index contributed by atoms with van der Waals surface area (Å²) < 4.78 is 7.60. The summed E-state index contributed by atoms with van der Waals surface area (Å²) in [7, 11) is 3.78. The molecule has 0 radical (unpaired) electrons. The molecule has 1 aromatic heterocycles. The van der Waals surface area contributed by atoms with Crippen LogP contribution in [0.2, 0.25) is 0 Å². The van der Waals surface area contributed by atoms with Crippen LogP contribution in [-0.2, 0) is 13.5 Å². The molecule has 0 aliphatic carbocycles. The average Bonchev–Trinajstić information content (AvgIpc) is 2.62. The smallest absolute Gasteiger partial charge is 0.143 e. The van der Waals surface area contributed by atoms with E-state index in [0.717, 1.165) is 25.1 Å². The lowest BCUT2D eigenvalue weighted by Gasteiger charge is -2.06. The van der Waals surface area contributed by atoms with Crippen molar-refractivity contribution < 1.29 is 4.74 Å². The van der Waals surface area contributed by atoms with E-state index in [2.05, 4.69) is 36.9 Å². The normalized spacial score (nSPS) is 11.1. The summed E-state index contributed by atoms with van der Waals surface area (Å²) in [5.74, 6) is 0.946. The summed E-state index contributed by atoms with van der Waals surface area (Å²) in [6.45, 7) is 2.83. The molecule has 0 aliphatic heterocycles. The Balaban J connectivity index is 2.60. The van der Waals surface area contributed by atoms with E-state index in [-0.39, 0.29) is 0 Å². The first-order valence-corrected chi connectivity index (χ1v) is 6.00. The van der Waals surface area contributed by atoms with Crippen molar-refractivity contribution in [1.82, 2.24) is 4.57 Å². The Morgan fingerprint density at radius 3 is 2.76 bits per heavy atom. The van der Waals surface area contributed by atoms with Crippen molar-refractivity contribution in [2.24, 2.45) is 12.8 Å². The number of ether oxygens (including phenoxy) is 1. The maximum absolute atomic E-state index is 5.58. The van der Waals surface area contributed by atoms with Gasteiger partial charge in [-0.15, -0.1) is 0 Å². The molecule has 0 amide bonds. The largest absolute Gasteiger partial charge is 0.495 e. The van der Waals surface area contributed by atoms with E-state index in [0.29, 0.717) is 0 Å². The molecule has 92 valence electrons. The van der Waals surface area contributed by atoms with Gasteiger partial charge in [0.15, 0.2) is 0 Å². The second kappa shape index (κ2) is 4.80. The van der Waals surface area contributed by atoms with Gasteiger partial charge in [0.1, 0.15) is 5.75 Å². The van der Waals surface area contributed by atoms with Gasteiger partial charge < -0.3 is 15.0 Å². The highest BCUT2D eigenvalue weighted by Gasteiger charge is 2.11. The van der Waals surface area contributed by atoms with Gasteiger partial charge in [-0.05, 0) is 49.6 Å². The Morgan fingerprint density at radius 1 is 1.35 bits per heavy atom. The minimum absolute atomic E-state index is 0.735. The molecule has 0 spiro atoms. The Bertz CT molecular complexity index is 528. The van der Waals surface area contributed by atoms with E-state index in [1.165, 1.54) is 22.0 Å². The highest BCUT2D eigenvalue weighted by atomic mass is 16.5. The Labute approximate surface area is 102 Å². The van der Waals surface area contributed by atoms with Crippen LogP contribution in [0, 0.1) is 6.92 Å². The average molecular weight is 232 g/mol. The lowest BCUT2D eigenvalue weighted by atomic mass is 10.1. The van der Waals surface area contributed by atoms with Crippen molar-refractivity contribution in [3.05, 3.63) is 29.5 Å². The summed E-state index contributed by atoms with van der Waals surface area (Å²) in [5, 5.41) is 1.29. The predicted octanol–water partition coefficient (Wildman–Crippen LogP) is 2.39. The summed E-state index contributed by atoms with van der Waals surface area (Å²) in [6.07, 6.45) is 4.23. The number of aryl methyl sites for hydroxylation is 3. The molecule has 1 aromatic carbocycles. The summed E-state index contributed by atoms with van der Waals surface area (Å²) in [6, 6.07) is 4.30. The van der Waals surface area contributed by atoms with E-state index >= 15 is 0 Å². The van der Waals surface area contributed by atoms with Crippen LogP contribution in [0.4, 0.5) is 0 Å². The minimum Gasteiger partial charge on any atom is -0.495 e. The van der Waals surface area contributed by atoms with Crippen LogP contribution in [0.3, 0.4) is 0 Å². The number of methoxy groups -OCH3 is 1. The molecule has 0 bridgehead atoms. The van der Waals surface area contributed by atoms with Crippen LogP contribution in [0.25, 0.3) is 10.9 Å². The van der Waals surface area contributed by atoms with Crippen molar-refractivity contribution in [1.29, 1.82) is 0 Å². The van der Waals surface area contributed by atoms with Crippen molar-refractivity contribution in [2.45, 2.75) is 19.8 Å². The molecule has 2 aromatic rings. The molecule has 3 nitrogen and oxygen atoms in total. The van der Waals surface area contributed by atoms with E-state index in [9.17, 15) is 0 Å². The van der Waals surface area contributed by atoms with Gasteiger partial charge in [-0.1, -0.05) is 0 Å². The molecular formula is C14H20N2O. The molecule has 0 saturated carbocycles. The number of fused-ring (bicyclic) bond motifs is 1. The molecule has 2 N–H and O–H groups in total. The van der Waals surface area contributed by atoms with Crippen LogP contribution >= 0.6 is 0 Å². The molecule has 0 aliphatic rings. The Hall–Kier alpha value is -1.48. The quantitative estimate of drug-likeness (QED) is 0.879. The zero-order chi connectivity index (χ0) is 12.4. The number of nitrogens with zero attached hydrogens (tertiary/aromatic N) is 1. The number of aromatic nitrogens is 1. The Morgan fingerprint density at radius 2 is 2.12 bits per heavy atom. The van der Waals surface area contributed by atoms with Gasteiger partial charge in [0, 0.05) is 18.6 Å². The first kappa shape index (κ1) is 12.0. The predicted molar refractivity (Wildman–Crippen MR) is 71.6 cm³/mol. The van der Waals surface area contributed by atoms with Gasteiger partial charge in [-0.3, -0.25) is 0 Å². The van der Waals surface area contributed by atoms with Crippen LogP contribution in [0.1, 0.15) is 17.5 Å². The van der Waals surface area contributed by atoms with E-state index < -0.39 is 0 Å². The summed E-state index contributed by atoms with van der Waals surface area (Å²) in [4.78, 5) is 0.